The van der Waals surface area contributed by atoms with E-state index in [2.05, 4.69) is 0 Å². The van der Waals surface area contributed by atoms with Crippen molar-refractivity contribution in [2.45, 2.75) is 34.6 Å². The number of fused-ring (bicyclic) bond motifs is 1. The van der Waals surface area contributed by atoms with Crippen LogP contribution in [0.4, 0.5) is 0 Å². The van der Waals surface area contributed by atoms with Gasteiger partial charge in [0.15, 0.2) is 0 Å². The minimum atomic E-state index is 0.535. The van der Waals surface area contributed by atoms with Crippen molar-refractivity contribution in [3.05, 3.63) is 0 Å². The van der Waals surface area contributed by atoms with Gasteiger partial charge >= 0.3 is 67.4 Å². The minimum absolute atomic E-state index is 0.535. The van der Waals surface area contributed by atoms with Crippen LogP contribution in [0, 0.1) is 11.8 Å². The Hall–Kier alpha value is 0.790. The van der Waals surface area contributed by atoms with Crippen LogP contribution in [0.5, 0.6) is 0 Å². The molecule has 0 aromatic heterocycles. The van der Waals surface area contributed by atoms with Crippen LogP contribution in [0.25, 0.3) is 0 Å². The molecule has 1 aliphatic carbocycles. The van der Waals surface area contributed by atoms with Crippen molar-refractivity contribution in [2.75, 3.05) is 0 Å². The molecule has 0 aromatic carbocycles. The average molecular weight is 238 g/mol. The summed E-state index contributed by atoms with van der Waals surface area (Å²) in [5.74, 6) is 2.45. The van der Waals surface area contributed by atoms with E-state index in [0.717, 1.165) is 0 Å². The van der Waals surface area contributed by atoms with Crippen LogP contribution in [0.15, 0.2) is 0 Å². The molecule has 0 bridgehead atoms. The predicted octanol–water partition coefficient (Wildman–Crippen LogP) is 2.35. The predicted molar refractivity (Wildman–Crippen MR) is 40.8 cm³/mol. The van der Waals surface area contributed by atoms with E-state index < -0.39 is 0 Å². The maximum atomic E-state index is 1.69. The van der Waals surface area contributed by atoms with Crippen molar-refractivity contribution < 1.29 is 0 Å². The molecule has 0 aromatic rings. The Balaban J connectivity index is 1.97. The summed E-state index contributed by atoms with van der Waals surface area (Å²) in [4.78, 5) is 0. The second-order valence-corrected chi connectivity index (χ2v) is 6.41. The molecule has 0 spiro atoms. The SMILES string of the molecule is C1CCC2C[Te]CC2C1. The van der Waals surface area contributed by atoms with Crippen molar-refractivity contribution in [3.8, 4) is 0 Å². The summed E-state index contributed by atoms with van der Waals surface area (Å²) in [6, 6.07) is 0. The van der Waals surface area contributed by atoms with E-state index in [0.29, 0.717) is 20.9 Å². The van der Waals surface area contributed by atoms with E-state index in [1.165, 1.54) is 11.8 Å². The summed E-state index contributed by atoms with van der Waals surface area (Å²) in [5.41, 5.74) is 0. The molecule has 0 N–H and O–H groups in total. The molecule has 1 heteroatoms. The first-order valence-corrected chi connectivity index (χ1v) is 7.34. The van der Waals surface area contributed by atoms with Gasteiger partial charge in [0.2, 0.25) is 0 Å². The van der Waals surface area contributed by atoms with Gasteiger partial charge in [-0.2, -0.15) is 0 Å². The Labute approximate surface area is 67.5 Å². The monoisotopic (exact) mass is 240 g/mol. The molecule has 1 saturated heterocycles. The van der Waals surface area contributed by atoms with Gasteiger partial charge in [0.1, 0.15) is 0 Å². The molecule has 0 amide bonds. The molecule has 2 rings (SSSR count). The molecule has 2 fully saturated rings. The van der Waals surface area contributed by atoms with Crippen LogP contribution in [0.3, 0.4) is 0 Å². The summed E-state index contributed by atoms with van der Waals surface area (Å²) in [6.45, 7) is 0. The Morgan fingerprint density at radius 1 is 0.889 bits per heavy atom. The maximum absolute atomic E-state index is 1.69. The van der Waals surface area contributed by atoms with Gasteiger partial charge in [-0.1, -0.05) is 0 Å². The summed E-state index contributed by atoms with van der Waals surface area (Å²) in [7, 11) is 0. The zero-order valence-electron chi connectivity index (χ0n) is 5.81. The summed E-state index contributed by atoms with van der Waals surface area (Å²) >= 11 is 0.535. The van der Waals surface area contributed by atoms with Gasteiger partial charge in [-0.25, -0.2) is 0 Å². The first-order chi connectivity index (χ1) is 4.47. The quantitative estimate of drug-likeness (QED) is 0.568. The molecule has 2 atom stereocenters. The fraction of sp³-hybridized carbons (Fsp3) is 1.00. The van der Waals surface area contributed by atoms with Gasteiger partial charge in [0.25, 0.3) is 0 Å². The fourth-order valence-electron chi connectivity index (χ4n) is 2.09. The van der Waals surface area contributed by atoms with Crippen LogP contribution < -0.4 is 0 Å². The van der Waals surface area contributed by atoms with Gasteiger partial charge in [-0.15, -0.1) is 0 Å². The molecule has 0 radical (unpaired) electrons. The van der Waals surface area contributed by atoms with Crippen molar-refractivity contribution in [1.29, 1.82) is 0 Å². The van der Waals surface area contributed by atoms with E-state index in [1.54, 1.807) is 34.6 Å². The molecule has 0 nitrogen and oxygen atoms in total. The zero-order chi connectivity index (χ0) is 6.10. The third-order valence-electron chi connectivity index (χ3n) is 2.73. The molecule has 9 heavy (non-hydrogen) atoms. The molecule has 1 saturated carbocycles. The standard InChI is InChI=1S/C8H14Te/c1-2-4-8-6-9-5-7(8)3-1/h7-8H,1-6H2. The Bertz CT molecular complexity index is 88.7. The van der Waals surface area contributed by atoms with Crippen LogP contribution in [-0.2, 0) is 0 Å². The summed E-state index contributed by atoms with van der Waals surface area (Å²) in [5, 5.41) is 0. The Morgan fingerprint density at radius 2 is 1.44 bits per heavy atom. The van der Waals surface area contributed by atoms with Crippen LogP contribution >= 0.6 is 0 Å². The van der Waals surface area contributed by atoms with E-state index in [1.807, 2.05) is 0 Å². The van der Waals surface area contributed by atoms with Gasteiger partial charge in [-0.3, -0.25) is 0 Å². The van der Waals surface area contributed by atoms with Gasteiger partial charge in [0.05, 0.1) is 0 Å². The summed E-state index contributed by atoms with van der Waals surface area (Å²) < 4.78 is 3.38. The number of hydrogen-bond donors (Lipinski definition) is 0. The van der Waals surface area contributed by atoms with Gasteiger partial charge in [0, 0.05) is 0 Å². The van der Waals surface area contributed by atoms with E-state index >= 15 is 0 Å². The third kappa shape index (κ3) is 1.28. The molecule has 2 aliphatic rings. The summed E-state index contributed by atoms with van der Waals surface area (Å²) in [6.07, 6.45) is 6.28. The first-order valence-electron chi connectivity index (χ1n) is 4.04. The number of hydrogen-bond acceptors (Lipinski definition) is 0. The molecule has 2 unspecified atom stereocenters. The van der Waals surface area contributed by atoms with E-state index in [-0.39, 0.29) is 0 Å². The van der Waals surface area contributed by atoms with Crippen LogP contribution in [-0.4, -0.2) is 20.9 Å². The topological polar surface area (TPSA) is 0 Å². The molecule has 1 heterocycles. The van der Waals surface area contributed by atoms with Crippen molar-refractivity contribution in [3.63, 3.8) is 0 Å². The van der Waals surface area contributed by atoms with E-state index in [4.69, 9.17) is 0 Å². The number of rotatable bonds is 0. The van der Waals surface area contributed by atoms with Crippen molar-refractivity contribution >= 4 is 20.9 Å². The molecule has 52 valence electrons. The second-order valence-electron chi connectivity index (χ2n) is 3.34. The van der Waals surface area contributed by atoms with Gasteiger partial charge in [-0.05, 0) is 0 Å². The van der Waals surface area contributed by atoms with Gasteiger partial charge < -0.3 is 0 Å². The molecular weight excluding hydrogens is 224 g/mol. The Morgan fingerprint density at radius 3 is 2.00 bits per heavy atom. The Kier molecular flexibility index (Phi) is 2.02. The normalized spacial score (nSPS) is 42.7. The zero-order valence-corrected chi connectivity index (χ0v) is 8.14. The molecular formula is C8H14Te. The first kappa shape index (κ1) is 6.50. The molecule has 1 aliphatic heterocycles. The fourth-order valence-corrected chi connectivity index (χ4v) is 6.72. The average Bonchev–Trinajstić information content (AvgIpc) is 2.33. The van der Waals surface area contributed by atoms with Crippen LogP contribution in [0.1, 0.15) is 25.7 Å². The van der Waals surface area contributed by atoms with E-state index in [9.17, 15) is 0 Å². The third-order valence-corrected chi connectivity index (χ3v) is 6.52. The van der Waals surface area contributed by atoms with Crippen LogP contribution in [0.2, 0.25) is 8.94 Å². The second kappa shape index (κ2) is 2.80. The van der Waals surface area contributed by atoms with Crippen molar-refractivity contribution in [1.82, 2.24) is 0 Å². The van der Waals surface area contributed by atoms with Crippen molar-refractivity contribution in [2.24, 2.45) is 11.8 Å².